The minimum absolute atomic E-state index is 0.246. The SMILES string of the molecule is O=C=NC1(c2c(O)c(F)cc(F)c2F)CCCC1. The van der Waals surface area contributed by atoms with E-state index in [9.17, 15) is 23.1 Å². The molecule has 0 spiro atoms. The molecule has 2 rings (SSSR count). The molecule has 1 fully saturated rings. The average Bonchev–Trinajstić information content (AvgIpc) is 2.77. The van der Waals surface area contributed by atoms with Gasteiger partial charge in [0, 0.05) is 6.07 Å². The highest BCUT2D eigenvalue weighted by molar-refractivity contribution is 5.45. The Morgan fingerprint density at radius 1 is 1.22 bits per heavy atom. The van der Waals surface area contributed by atoms with E-state index in [2.05, 4.69) is 4.99 Å². The van der Waals surface area contributed by atoms with Crippen molar-refractivity contribution in [3.05, 3.63) is 29.1 Å². The molecule has 1 aromatic rings. The lowest BCUT2D eigenvalue weighted by atomic mass is 9.87. The van der Waals surface area contributed by atoms with Gasteiger partial charge in [-0.1, -0.05) is 12.8 Å². The molecule has 0 amide bonds. The van der Waals surface area contributed by atoms with E-state index in [1.54, 1.807) is 0 Å². The van der Waals surface area contributed by atoms with E-state index in [4.69, 9.17) is 0 Å². The Morgan fingerprint density at radius 2 is 1.83 bits per heavy atom. The first-order valence-electron chi connectivity index (χ1n) is 5.48. The minimum Gasteiger partial charge on any atom is -0.504 e. The monoisotopic (exact) mass is 257 g/mol. The molecule has 0 atom stereocenters. The van der Waals surface area contributed by atoms with Crippen molar-refractivity contribution in [3.63, 3.8) is 0 Å². The van der Waals surface area contributed by atoms with Gasteiger partial charge in [0.25, 0.3) is 0 Å². The van der Waals surface area contributed by atoms with E-state index in [0.717, 1.165) is 0 Å². The van der Waals surface area contributed by atoms with Crippen molar-refractivity contribution in [2.75, 3.05) is 0 Å². The number of halogens is 3. The summed E-state index contributed by atoms with van der Waals surface area (Å²) in [6.07, 6.45) is 3.04. The maximum absolute atomic E-state index is 13.8. The number of phenolic OH excluding ortho intramolecular Hbond substituents is 1. The van der Waals surface area contributed by atoms with Crippen molar-refractivity contribution in [1.82, 2.24) is 0 Å². The molecule has 1 aromatic carbocycles. The van der Waals surface area contributed by atoms with Gasteiger partial charge in [0.15, 0.2) is 23.2 Å². The number of hydrogen-bond acceptors (Lipinski definition) is 3. The first-order valence-corrected chi connectivity index (χ1v) is 5.48. The van der Waals surface area contributed by atoms with Gasteiger partial charge in [-0.05, 0) is 12.8 Å². The van der Waals surface area contributed by atoms with Gasteiger partial charge in [-0.3, -0.25) is 0 Å². The Balaban J connectivity index is 2.72. The molecule has 1 aliphatic carbocycles. The molecule has 0 saturated heterocycles. The van der Waals surface area contributed by atoms with Crippen LogP contribution < -0.4 is 0 Å². The number of phenols is 1. The minimum atomic E-state index is -1.41. The maximum Gasteiger partial charge on any atom is 0.235 e. The zero-order chi connectivity index (χ0) is 13.3. The second-order valence-electron chi connectivity index (χ2n) is 4.32. The Kier molecular flexibility index (Phi) is 3.13. The van der Waals surface area contributed by atoms with Crippen LogP contribution in [0, 0.1) is 17.5 Å². The fourth-order valence-corrected chi connectivity index (χ4v) is 2.48. The molecular weight excluding hydrogens is 247 g/mol. The van der Waals surface area contributed by atoms with Crippen molar-refractivity contribution >= 4 is 6.08 Å². The van der Waals surface area contributed by atoms with Crippen LogP contribution in [0.3, 0.4) is 0 Å². The van der Waals surface area contributed by atoms with E-state index in [0.29, 0.717) is 12.8 Å². The Hall–Kier alpha value is -1.81. The Bertz CT molecular complexity index is 506. The number of aliphatic imine (C=N–C) groups is 1. The normalized spacial score (nSPS) is 17.5. The highest BCUT2D eigenvalue weighted by Crippen LogP contribution is 2.47. The van der Waals surface area contributed by atoms with Crippen LogP contribution in [-0.4, -0.2) is 11.2 Å². The van der Waals surface area contributed by atoms with Crippen molar-refractivity contribution in [1.29, 1.82) is 0 Å². The Morgan fingerprint density at radius 3 is 2.39 bits per heavy atom. The van der Waals surface area contributed by atoms with Crippen LogP contribution in [0.4, 0.5) is 13.2 Å². The topological polar surface area (TPSA) is 49.7 Å². The predicted octanol–water partition coefficient (Wildman–Crippen LogP) is 2.91. The van der Waals surface area contributed by atoms with Gasteiger partial charge in [-0.25, -0.2) is 18.0 Å². The van der Waals surface area contributed by atoms with Gasteiger partial charge in [0.2, 0.25) is 6.08 Å². The fraction of sp³-hybridized carbons (Fsp3) is 0.417. The lowest BCUT2D eigenvalue weighted by Gasteiger charge is -2.24. The fourth-order valence-electron chi connectivity index (χ4n) is 2.48. The molecule has 1 aliphatic rings. The molecule has 1 N–H and O–H groups in total. The highest BCUT2D eigenvalue weighted by Gasteiger charge is 2.42. The molecule has 1 saturated carbocycles. The summed E-state index contributed by atoms with van der Waals surface area (Å²) in [6, 6.07) is 0.265. The van der Waals surface area contributed by atoms with Crippen LogP contribution in [0.5, 0.6) is 5.75 Å². The van der Waals surface area contributed by atoms with Crippen LogP contribution in [-0.2, 0) is 10.3 Å². The van der Waals surface area contributed by atoms with Crippen LogP contribution in [0.25, 0.3) is 0 Å². The molecular formula is C12H10F3NO2. The summed E-state index contributed by atoms with van der Waals surface area (Å²) in [5, 5.41) is 9.58. The van der Waals surface area contributed by atoms with Gasteiger partial charge in [-0.15, -0.1) is 0 Å². The van der Waals surface area contributed by atoms with Crippen LogP contribution in [0.2, 0.25) is 0 Å². The third-order valence-electron chi connectivity index (χ3n) is 3.30. The number of hydrogen-bond donors (Lipinski definition) is 1. The summed E-state index contributed by atoms with van der Waals surface area (Å²) in [5.74, 6) is -5.03. The second kappa shape index (κ2) is 4.46. The van der Waals surface area contributed by atoms with Crippen LogP contribution >= 0.6 is 0 Å². The van der Waals surface area contributed by atoms with Gasteiger partial charge < -0.3 is 5.11 Å². The molecule has 18 heavy (non-hydrogen) atoms. The number of aromatic hydroxyl groups is 1. The van der Waals surface area contributed by atoms with Crippen molar-refractivity contribution < 1.29 is 23.1 Å². The van der Waals surface area contributed by atoms with E-state index in [1.165, 1.54) is 6.08 Å². The molecule has 0 aromatic heterocycles. The molecule has 6 heteroatoms. The first kappa shape index (κ1) is 12.6. The molecule has 0 aliphatic heterocycles. The predicted molar refractivity (Wildman–Crippen MR) is 56.2 cm³/mol. The van der Waals surface area contributed by atoms with Gasteiger partial charge in [-0.2, -0.15) is 4.99 Å². The number of benzene rings is 1. The van der Waals surface area contributed by atoms with Crippen LogP contribution in [0.1, 0.15) is 31.2 Å². The third kappa shape index (κ3) is 1.78. The van der Waals surface area contributed by atoms with E-state index in [1.807, 2.05) is 0 Å². The lowest BCUT2D eigenvalue weighted by molar-refractivity contribution is 0.354. The van der Waals surface area contributed by atoms with E-state index < -0.39 is 34.3 Å². The summed E-state index contributed by atoms with van der Waals surface area (Å²) < 4.78 is 40.3. The van der Waals surface area contributed by atoms with Crippen molar-refractivity contribution in [3.8, 4) is 5.75 Å². The number of rotatable bonds is 2. The van der Waals surface area contributed by atoms with Crippen molar-refractivity contribution in [2.24, 2.45) is 4.99 Å². The summed E-state index contributed by atoms with van der Waals surface area (Å²) in [7, 11) is 0. The zero-order valence-electron chi connectivity index (χ0n) is 9.34. The second-order valence-corrected chi connectivity index (χ2v) is 4.32. The highest BCUT2D eigenvalue weighted by atomic mass is 19.2. The van der Waals surface area contributed by atoms with Crippen molar-refractivity contribution in [2.45, 2.75) is 31.2 Å². The average molecular weight is 257 g/mol. The largest absolute Gasteiger partial charge is 0.504 e. The summed E-state index contributed by atoms with van der Waals surface area (Å²) >= 11 is 0. The summed E-state index contributed by atoms with van der Waals surface area (Å²) in [5.41, 5.74) is -1.99. The number of isocyanates is 1. The van der Waals surface area contributed by atoms with Crippen LogP contribution in [0.15, 0.2) is 11.1 Å². The zero-order valence-corrected chi connectivity index (χ0v) is 9.34. The van der Waals surface area contributed by atoms with Gasteiger partial charge in [0.05, 0.1) is 5.56 Å². The smallest absolute Gasteiger partial charge is 0.235 e. The summed E-state index contributed by atoms with van der Waals surface area (Å²) in [6.45, 7) is 0. The molecule has 0 bridgehead atoms. The quantitative estimate of drug-likeness (QED) is 0.503. The number of nitrogens with zero attached hydrogens (tertiary/aromatic N) is 1. The standard InChI is InChI=1S/C12H10F3NO2/c13-7-5-8(14)11(18)9(10(7)15)12(16-6-17)3-1-2-4-12/h5,18H,1-4H2. The van der Waals surface area contributed by atoms with E-state index in [-0.39, 0.29) is 18.9 Å². The summed E-state index contributed by atoms with van der Waals surface area (Å²) in [4.78, 5) is 13.9. The number of carbonyl (C=O) groups excluding carboxylic acids is 1. The molecule has 3 nitrogen and oxygen atoms in total. The molecule has 0 radical (unpaired) electrons. The molecule has 0 heterocycles. The molecule has 0 unspecified atom stereocenters. The van der Waals surface area contributed by atoms with E-state index >= 15 is 0 Å². The Labute approximate surface area is 101 Å². The van der Waals surface area contributed by atoms with Gasteiger partial charge >= 0.3 is 0 Å². The molecule has 96 valence electrons. The van der Waals surface area contributed by atoms with Gasteiger partial charge in [0.1, 0.15) is 5.54 Å². The third-order valence-corrected chi connectivity index (χ3v) is 3.30. The first-order chi connectivity index (χ1) is 8.52. The maximum atomic E-state index is 13.8. The lowest BCUT2D eigenvalue weighted by Crippen LogP contribution is -2.22.